The van der Waals surface area contributed by atoms with Crippen LogP contribution in [0.2, 0.25) is 0 Å². The number of nitrogens with two attached hydrogens (primary N) is 1. The van der Waals surface area contributed by atoms with Crippen LogP contribution in [-0.2, 0) is 0 Å². The molecule has 1 heterocycles. The maximum Gasteiger partial charge on any atom is 0.337 e. The SMILES string of the molecule is Cc1noc(C)c1C(C)Nc1ccc(C(=O)O)c(N)c1. The molecule has 0 spiro atoms. The number of carboxylic acids is 1. The van der Waals surface area contributed by atoms with Gasteiger partial charge in [-0.15, -0.1) is 0 Å². The Hall–Kier alpha value is -2.50. The van der Waals surface area contributed by atoms with Crippen LogP contribution in [0.3, 0.4) is 0 Å². The van der Waals surface area contributed by atoms with Gasteiger partial charge in [0.1, 0.15) is 5.76 Å². The second kappa shape index (κ2) is 5.24. The van der Waals surface area contributed by atoms with E-state index >= 15 is 0 Å². The van der Waals surface area contributed by atoms with Gasteiger partial charge in [-0.25, -0.2) is 4.79 Å². The van der Waals surface area contributed by atoms with Gasteiger partial charge in [0.15, 0.2) is 0 Å². The van der Waals surface area contributed by atoms with E-state index in [2.05, 4.69) is 10.5 Å². The molecule has 0 aliphatic rings. The molecule has 0 bridgehead atoms. The monoisotopic (exact) mass is 275 g/mol. The number of nitrogens with one attached hydrogen (secondary N) is 1. The Balaban J connectivity index is 2.22. The van der Waals surface area contributed by atoms with Crippen molar-refractivity contribution in [3.05, 3.63) is 40.8 Å². The van der Waals surface area contributed by atoms with Gasteiger partial charge in [0.25, 0.3) is 0 Å². The molecule has 0 saturated carbocycles. The number of rotatable bonds is 4. The van der Waals surface area contributed by atoms with E-state index in [9.17, 15) is 4.79 Å². The third-order valence-electron chi connectivity index (χ3n) is 3.19. The predicted octanol–water partition coefficient (Wildman–Crippen LogP) is 2.74. The highest BCUT2D eigenvalue weighted by Gasteiger charge is 2.17. The number of nitrogen functional groups attached to an aromatic ring is 1. The van der Waals surface area contributed by atoms with Crippen molar-refractivity contribution >= 4 is 17.3 Å². The number of aromatic carboxylic acids is 1. The summed E-state index contributed by atoms with van der Waals surface area (Å²) in [6.45, 7) is 5.72. The van der Waals surface area contributed by atoms with Gasteiger partial charge in [0.05, 0.1) is 17.3 Å². The molecule has 6 nitrogen and oxygen atoms in total. The second-order valence-corrected chi connectivity index (χ2v) is 4.71. The first-order valence-electron chi connectivity index (χ1n) is 6.22. The van der Waals surface area contributed by atoms with Crippen LogP contribution in [0.4, 0.5) is 11.4 Å². The molecule has 0 saturated heterocycles. The minimum absolute atomic E-state index is 0.0173. The van der Waals surface area contributed by atoms with Gasteiger partial charge in [-0.05, 0) is 39.0 Å². The van der Waals surface area contributed by atoms with Crippen LogP contribution in [0.1, 0.15) is 40.3 Å². The Morgan fingerprint density at radius 2 is 2.15 bits per heavy atom. The molecule has 0 aliphatic heterocycles. The van der Waals surface area contributed by atoms with E-state index in [1.165, 1.54) is 6.07 Å². The van der Waals surface area contributed by atoms with Crippen LogP contribution in [0.25, 0.3) is 0 Å². The first-order valence-corrected chi connectivity index (χ1v) is 6.22. The summed E-state index contributed by atoms with van der Waals surface area (Å²) in [6, 6.07) is 4.77. The molecule has 1 unspecified atom stereocenters. The van der Waals surface area contributed by atoms with E-state index in [0.717, 1.165) is 22.7 Å². The first-order chi connectivity index (χ1) is 9.40. The lowest BCUT2D eigenvalue weighted by atomic mass is 10.1. The molecule has 6 heteroatoms. The molecule has 2 rings (SSSR count). The number of anilines is 2. The zero-order valence-corrected chi connectivity index (χ0v) is 11.6. The molecule has 1 aromatic carbocycles. The van der Waals surface area contributed by atoms with Gasteiger partial charge in [0.2, 0.25) is 0 Å². The standard InChI is InChI=1S/C14H17N3O3/c1-7(13-8(2)17-20-9(13)3)16-10-4-5-11(14(18)19)12(15)6-10/h4-7,16H,15H2,1-3H3,(H,18,19). The van der Waals surface area contributed by atoms with Crippen LogP contribution < -0.4 is 11.1 Å². The summed E-state index contributed by atoms with van der Waals surface area (Å²) >= 11 is 0. The fraction of sp³-hybridized carbons (Fsp3) is 0.286. The fourth-order valence-corrected chi connectivity index (χ4v) is 2.28. The summed E-state index contributed by atoms with van der Waals surface area (Å²) in [4.78, 5) is 10.9. The Bertz CT molecular complexity index is 630. The van der Waals surface area contributed by atoms with E-state index in [1.54, 1.807) is 12.1 Å². The molecule has 20 heavy (non-hydrogen) atoms. The third-order valence-corrected chi connectivity index (χ3v) is 3.19. The van der Waals surface area contributed by atoms with Crippen molar-refractivity contribution in [2.75, 3.05) is 11.1 Å². The summed E-state index contributed by atoms with van der Waals surface area (Å²) in [5.74, 6) is -0.273. The quantitative estimate of drug-likeness (QED) is 0.741. The number of aromatic nitrogens is 1. The van der Waals surface area contributed by atoms with E-state index in [0.29, 0.717) is 0 Å². The second-order valence-electron chi connectivity index (χ2n) is 4.71. The molecule has 1 aromatic heterocycles. The lowest BCUT2D eigenvalue weighted by Crippen LogP contribution is -2.09. The number of aryl methyl sites for hydroxylation is 2. The lowest BCUT2D eigenvalue weighted by molar-refractivity contribution is 0.0698. The first kappa shape index (κ1) is 13.9. The lowest BCUT2D eigenvalue weighted by Gasteiger charge is -2.16. The molecule has 1 atom stereocenters. The number of hydrogen-bond donors (Lipinski definition) is 3. The minimum atomic E-state index is -1.03. The minimum Gasteiger partial charge on any atom is -0.478 e. The average molecular weight is 275 g/mol. The van der Waals surface area contributed by atoms with Gasteiger partial charge in [0, 0.05) is 16.9 Å². The summed E-state index contributed by atoms with van der Waals surface area (Å²) in [6.07, 6.45) is 0. The Labute approximate surface area is 116 Å². The van der Waals surface area contributed by atoms with Crippen LogP contribution in [0.5, 0.6) is 0 Å². The molecule has 0 aliphatic carbocycles. The van der Waals surface area contributed by atoms with E-state index in [4.69, 9.17) is 15.4 Å². The van der Waals surface area contributed by atoms with E-state index < -0.39 is 5.97 Å². The topological polar surface area (TPSA) is 101 Å². The highest BCUT2D eigenvalue weighted by atomic mass is 16.5. The van der Waals surface area contributed by atoms with Crippen LogP contribution >= 0.6 is 0 Å². The molecular weight excluding hydrogens is 258 g/mol. The highest BCUT2D eigenvalue weighted by Crippen LogP contribution is 2.26. The number of benzene rings is 1. The Morgan fingerprint density at radius 3 is 2.65 bits per heavy atom. The van der Waals surface area contributed by atoms with Crippen molar-refractivity contribution in [1.82, 2.24) is 5.16 Å². The van der Waals surface area contributed by atoms with Crippen LogP contribution in [0, 0.1) is 13.8 Å². The molecule has 2 aromatic rings. The number of hydrogen-bond acceptors (Lipinski definition) is 5. The summed E-state index contributed by atoms with van der Waals surface area (Å²) in [5, 5.41) is 16.1. The fourth-order valence-electron chi connectivity index (χ4n) is 2.28. The van der Waals surface area contributed by atoms with Crippen LogP contribution in [0.15, 0.2) is 22.7 Å². The van der Waals surface area contributed by atoms with Crippen LogP contribution in [-0.4, -0.2) is 16.2 Å². The molecule has 0 fully saturated rings. The van der Waals surface area contributed by atoms with Crippen molar-refractivity contribution in [3.63, 3.8) is 0 Å². The molecule has 0 radical (unpaired) electrons. The van der Waals surface area contributed by atoms with E-state index in [-0.39, 0.29) is 17.3 Å². The normalized spacial score (nSPS) is 12.2. The van der Waals surface area contributed by atoms with Crippen molar-refractivity contribution in [3.8, 4) is 0 Å². The number of carboxylic acid groups (broad SMARTS) is 1. The van der Waals surface area contributed by atoms with Gasteiger partial charge in [-0.3, -0.25) is 0 Å². The van der Waals surface area contributed by atoms with Crippen molar-refractivity contribution < 1.29 is 14.4 Å². The average Bonchev–Trinajstić information content (AvgIpc) is 2.68. The van der Waals surface area contributed by atoms with Crippen molar-refractivity contribution in [2.45, 2.75) is 26.8 Å². The molecular formula is C14H17N3O3. The maximum atomic E-state index is 10.9. The highest BCUT2D eigenvalue weighted by molar-refractivity contribution is 5.94. The van der Waals surface area contributed by atoms with Crippen molar-refractivity contribution in [1.29, 1.82) is 0 Å². The molecule has 106 valence electrons. The van der Waals surface area contributed by atoms with Gasteiger partial charge >= 0.3 is 5.97 Å². The van der Waals surface area contributed by atoms with E-state index in [1.807, 2.05) is 20.8 Å². The predicted molar refractivity (Wildman–Crippen MR) is 75.8 cm³/mol. The zero-order chi connectivity index (χ0) is 14.9. The Morgan fingerprint density at radius 1 is 1.45 bits per heavy atom. The smallest absolute Gasteiger partial charge is 0.337 e. The molecule has 0 amide bonds. The van der Waals surface area contributed by atoms with Crippen molar-refractivity contribution in [2.24, 2.45) is 0 Å². The summed E-state index contributed by atoms with van der Waals surface area (Å²) in [7, 11) is 0. The van der Waals surface area contributed by atoms with Gasteiger partial charge in [-0.2, -0.15) is 0 Å². The zero-order valence-electron chi connectivity index (χ0n) is 11.6. The largest absolute Gasteiger partial charge is 0.478 e. The number of nitrogens with zero attached hydrogens (tertiary/aromatic N) is 1. The molecule has 4 N–H and O–H groups in total. The van der Waals surface area contributed by atoms with Gasteiger partial charge in [-0.1, -0.05) is 5.16 Å². The third kappa shape index (κ3) is 2.59. The van der Waals surface area contributed by atoms with Gasteiger partial charge < -0.3 is 20.7 Å². The Kier molecular flexibility index (Phi) is 3.65. The summed E-state index contributed by atoms with van der Waals surface area (Å²) < 4.78 is 5.14. The maximum absolute atomic E-state index is 10.9. The number of carbonyl (C=O) groups is 1. The summed E-state index contributed by atoms with van der Waals surface area (Å²) in [5.41, 5.74) is 8.63.